The number of benzene rings is 1. The molecule has 0 spiro atoms. The Morgan fingerprint density at radius 2 is 1.80 bits per heavy atom. The molecule has 0 bridgehead atoms. The molecule has 6 heteroatoms. The summed E-state index contributed by atoms with van der Waals surface area (Å²) in [5, 5.41) is 3.00. The Bertz CT molecular complexity index is 599. The van der Waals surface area contributed by atoms with Crippen LogP contribution in [0.25, 0.3) is 0 Å². The summed E-state index contributed by atoms with van der Waals surface area (Å²) in [5.41, 5.74) is 1.73. The van der Waals surface area contributed by atoms with E-state index in [1.807, 2.05) is 35.7 Å². The molecule has 1 aromatic rings. The molecule has 136 valence electrons. The highest BCUT2D eigenvalue weighted by atomic mass is 32.2. The molecule has 2 fully saturated rings. The molecule has 2 aliphatic rings. The van der Waals surface area contributed by atoms with Gasteiger partial charge in [0.1, 0.15) is 0 Å². The predicted molar refractivity (Wildman–Crippen MR) is 104 cm³/mol. The van der Waals surface area contributed by atoms with E-state index in [-0.39, 0.29) is 18.6 Å². The number of amides is 1. The molecule has 1 aliphatic heterocycles. The summed E-state index contributed by atoms with van der Waals surface area (Å²) < 4.78 is 5.64. The summed E-state index contributed by atoms with van der Waals surface area (Å²) in [6.07, 6.45) is 4.55. The molecule has 2 atom stereocenters. The number of carbonyl (C=O) groups excluding carboxylic acids is 2. The predicted octanol–water partition coefficient (Wildman–Crippen LogP) is 4.02. The molecule has 1 N–H and O–H groups in total. The number of rotatable bonds is 5. The van der Waals surface area contributed by atoms with E-state index in [1.165, 1.54) is 23.5 Å². The van der Waals surface area contributed by atoms with Crippen molar-refractivity contribution < 1.29 is 14.3 Å². The number of esters is 1. The number of hydrogen-bond donors (Lipinski definition) is 1. The highest BCUT2D eigenvalue weighted by Gasteiger charge is 2.23. The Morgan fingerprint density at radius 1 is 1.12 bits per heavy atom. The smallest absolute Gasteiger partial charge is 0.338 e. The topological polar surface area (TPSA) is 55.4 Å². The third kappa shape index (κ3) is 5.17. The molecule has 1 amide bonds. The standard InChI is InChI=1S/C19H25NO3S2/c1-13-4-2-3-5-16(13)20-17(21)12-23-18(22)14-6-8-15(9-7-14)19-24-10-11-25-19/h6-9,13,16,19H,2-5,10-12H2,1H3,(H,20,21)/t13-,16+/m1/s1. The van der Waals surface area contributed by atoms with E-state index in [0.717, 1.165) is 19.3 Å². The number of ether oxygens (including phenoxy) is 1. The molecule has 1 heterocycles. The number of nitrogens with one attached hydrogen (secondary N) is 1. The van der Waals surface area contributed by atoms with Crippen molar-refractivity contribution in [3.05, 3.63) is 35.4 Å². The van der Waals surface area contributed by atoms with Gasteiger partial charge in [-0.15, -0.1) is 23.5 Å². The molecule has 1 saturated heterocycles. The maximum atomic E-state index is 12.1. The first-order valence-electron chi connectivity index (χ1n) is 8.93. The average molecular weight is 380 g/mol. The van der Waals surface area contributed by atoms with Gasteiger partial charge in [-0.2, -0.15) is 0 Å². The van der Waals surface area contributed by atoms with Crippen LogP contribution in [0.15, 0.2) is 24.3 Å². The molecule has 0 unspecified atom stereocenters. The zero-order chi connectivity index (χ0) is 17.6. The lowest BCUT2D eigenvalue weighted by Crippen LogP contribution is -2.42. The fourth-order valence-corrected chi connectivity index (χ4v) is 6.18. The van der Waals surface area contributed by atoms with Crippen molar-refractivity contribution in [3.8, 4) is 0 Å². The van der Waals surface area contributed by atoms with Crippen molar-refractivity contribution in [2.45, 2.75) is 43.2 Å². The third-order valence-electron chi connectivity index (χ3n) is 4.83. The second-order valence-corrected chi connectivity index (χ2v) is 9.43. The van der Waals surface area contributed by atoms with Crippen LogP contribution in [0.2, 0.25) is 0 Å². The minimum atomic E-state index is -0.440. The molecular formula is C19H25NO3S2. The Balaban J connectivity index is 1.46. The van der Waals surface area contributed by atoms with E-state index in [9.17, 15) is 9.59 Å². The Hall–Kier alpha value is -1.14. The van der Waals surface area contributed by atoms with Gasteiger partial charge in [-0.1, -0.05) is 31.9 Å². The van der Waals surface area contributed by atoms with Crippen LogP contribution in [0, 0.1) is 5.92 Å². The van der Waals surface area contributed by atoms with Gasteiger partial charge in [-0.3, -0.25) is 4.79 Å². The summed E-state index contributed by atoms with van der Waals surface area (Å²) in [5.74, 6) is 2.20. The number of hydrogen-bond acceptors (Lipinski definition) is 5. The summed E-state index contributed by atoms with van der Waals surface area (Å²) in [6.45, 7) is 1.96. The normalized spacial score (nSPS) is 24.0. The van der Waals surface area contributed by atoms with Crippen LogP contribution in [0.5, 0.6) is 0 Å². The lowest BCUT2D eigenvalue weighted by Gasteiger charge is -2.29. The second kappa shape index (κ2) is 8.99. The van der Waals surface area contributed by atoms with E-state index in [0.29, 0.717) is 16.1 Å². The van der Waals surface area contributed by atoms with Crippen LogP contribution in [0.1, 0.15) is 53.1 Å². The lowest BCUT2D eigenvalue weighted by atomic mass is 9.86. The van der Waals surface area contributed by atoms with Crippen molar-refractivity contribution in [3.63, 3.8) is 0 Å². The van der Waals surface area contributed by atoms with Crippen molar-refractivity contribution in [1.29, 1.82) is 0 Å². The van der Waals surface area contributed by atoms with Crippen molar-refractivity contribution >= 4 is 35.4 Å². The Labute approximate surface area is 157 Å². The molecule has 4 nitrogen and oxygen atoms in total. The maximum absolute atomic E-state index is 12.1. The third-order valence-corrected chi connectivity index (χ3v) is 7.94. The van der Waals surface area contributed by atoms with Gasteiger partial charge in [0.25, 0.3) is 5.91 Å². The molecule has 25 heavy (non-hydrogen) atoms. The highest BCUT2D eigenvalue weighted by molar-refractivity contribution is 8.19. The fraction of sp³-hybridized carbons (Fsp3) is 0.579. The van der Waals surface area contributed by atoms with Gasteiger partial charge in [0.05, 0.1) is 10.1 Å². The molecule has 1 aliphatic carbocycles. The molecule has 1 saturated carbocycles. The number of thioether (sulfide) groups is 2. The molecular weight excluding hydrogens is 354 g/mol. The zero-order valence-corrected chi connectivity index (χ0v) is 16.2. The van der Waals surface area contributed by atoms with Crippen LogP contribution in [0.3, 0.4) is 0 Å². The van der Waals surface area contributed by atoms with Crippen LogP contribution >= 0.6 is 23.5 Å². The minimum Gasteiger partial charge on any atom is -0.452 e. The second-order valence-electron chi connectivity index (χ2n) is 6.71. The monoisotopic (exact) mass is 379 g/mol. The van der Waals surface area contributed by atoms with E-state index >= 15 is 0 Å². The maximum Gasteiger partial charge on any atom is 0.338 e. The summed E-state index contributed by atoms with van der Waals surface area (Å²) in [4.78, 5) is 24.2. The van der Waals surface area contributed by atoms with Gasteiger partial charge in [0.2, 0.25) is 0 Å². The van der Waals surface area contributed by atoms with Crippen LogP contribution < -0.4 is 5.32 Å². The highest BCUT2D eigenvalue weighted by Crippen LogP contribution is 2.45. The number of carbonyl (C=O) groups is 2. The first-order chi connectivity index (χ1) is 12.1. The van der Waals surface area contributed by atoms with Gasteiger partial charge in [0.15, 0.2) is 6.61 Å². The van der Waals surface area contributed by atoms with Gasteiger partial charge < -0.3 is 10.1 Å². The van der Waals surface area contributed by atoms with Crippen LogP contribution in [-0.4, -0.2) is 36.0 Å². The van der Waals surface area contributed by atoms with Crippen LogP contribution in [-0.2, 0) is 9.53 Å². The van der Waals surface area contributed by atoms with E-state index in [4.69, 9.17) is 4.74 Å². The first kappa shape index (κ1) is 18.6. The van der Waals surface area contributed by atoms with E-state index < -0.39 is 5.97 Å². The largest absolute Gasteiger partial charge is 0.452 e. The summed E-state index contributed by atoms with van der Waals surface area (Å²) in [6, 6.07) is 7.75. The van der Waals surface area contributed by atoms with E-state index in [2.05, 4.69) is 12.2 Å². The zero-order valence-electron chi connectivity index (χ0n) is 14.5. The van der Waals surface area contributed by atoms with E-state index in [1.54, 1.807) is 12.1 Å². The minimum absolute atomic E-state index is 0.206. The van der Waals surface area contributed by atoms with Gasteiger partial charge in [-0.05, 0) is 36.5 Å². The van der Waals surface area contributed by atoms with Crippen LogP contribution in [0.4, 0.5) is 0 Å². The molecule has 0 aromatic heterocycles. The average Bonchev–Trinajstić information content (AvgIpc) is 3.16. The van der Waals surface area contributed by atoms with Crippen molar-refractivity contribution in [2.24, 2.45) is 5.92 Å². The Morgan fingerprint density at radius 3 is 2.48 bits per heavy atom. The summed E-state index contributed by atoms with van der Waals surface area (Å²) in [7, 11) is 0. The summed E-state index contributed by atoms with van der Waals surface area (Å²) >= 11 is 3.87. The molecule has 0 radical (unpaired) electrons. The van der Waals surface area contributed by atoms with Gasteiger partial charge >= 0.3 is 5.97 Å². The first-order valence-corrected chi connectivity index (χ1v) is 11.0. The van der Waals surface area contributed by atoms with Gasteiger partial charge in [-0.25, -0.2) is 4.79 Å². The Kier molecular flexibility index (Phi) is 6.70. The van der Waals surface area contributed by atoms with Gasteiger partial charge in [0, 0.05) is 17.5 Å². The SMILES string of the molecule is C[C@@H]1CCCC[C@@H]1NC(=O)COC(=O)c1ccc(C2SCCS2)cc1. The lowest BCUT2D eigenvalue weighted by molar-refractivity contribution is -0.125. The van der Waals surface area contributed by atoms with Crippen molar-refractivity contribution in [2.75, 3.05) is 18.1 Å². The quantitative estimate of drug-likeness (QED) is 0.783. The molecule has 1 aromatic carbocycles. The molecule has 3 rings (SSSR count). The van der Waals surface area contributed by atoms with Crippen molar-refractivity contribution in [1.82, 2.24) is 5.32 Å². The fourth-order valence-electron chi connectivity index (χ4n) is 3.32.